The maximum atomic E-state index is 13.4. The summed E-state index contributed by atoms with van der Waals surface area (Å²) in [5, 5.41) is 6.69. The van der Waals surface area contributed by atoms with Crippen molar-refractivity contribution in [3.05, 3.63) is 113 Å². The van der Waals surface area contributed by atoms with Crippen LogP contribution in [0.1, 0.15) is 5.56 Å². The van der Waals surface area contributed by atoms with Crippen LogP contribution in [0.4, 0.5) is 11.4 Å². The SMILES string of the molecule is COc1ccc(NC(=O)COc2ccc(/C=N\NC(=O)CN(c3cccc(Br)c3)S(=O)(=O)c3ccccc3)cc2)cc1. The molecule has 0 atom stereocenters. The van der Waals surface area contributed by atoms with Crippen LogP contribution in [0.3, 0.4) is 0 Å². The van der Waals surface area contributed by atoms with Gasteiger partial charge in [-0.25, -0.2) is 13.8 Å². The Hall–Kier alpha value is -4.68. The summed E-state index contributed by atoms with van der Waals surface area (Å²) in [5.74, 6) is 0.205. The summed E-state index contributed by atoms with van der Waals surface area (Å²) in [7, 11) is -2.46. The van der Waals surface area contributed by atoms with E-state index in [1.165, 1.54) is 18.3 Å². The van der Waals surface area contributed by atoms with Crippen LogP contribution in [0.5, 0.6) is 11.5 Å². The summed E-state index contributed by atoms with van der Waals surface area (Å²) in [6.45, 7) is -0.674. The molecular weight excluding hydrogens is 624 g/mol. The molecule has 216 valence electrons. The van der Waals surface area contributed by atoms with Gasteiger partial charge in [0.1, 0.15) is 18.0 Å². The maximum Gasteiger partial charge on any atom is 0.264 e. The molecule has 12 heteroatoms. The fourth-order valence-corrected chi connectivity index (χ4v) is 5.50. The van der Waals surface area contributed by atoms with Crippen LogP contribution in [-0.2, 0) is 19.6 Å². The van der Waals surface area contributed by atoms with Crippen LogP contribution in [0.15, 0.2) is 118 Å². The predicted octanol–water partition coefficient (Wildman–Crippen LogP) is 4.82. The lowest BCUT2D eigenvalue weighted by molar-refractivity contribution is -0.119. The number of anilines is 2. The second-order valence-electron chi connectivity index (χ2n) is 8.73. The van der Waals surface area contributed by atoms with Crippen LogP contribution >= 0.6 is 15.9 Å². The molecule has 2 N–H and O–H groups in total. The molecule has 0 aromatic heterocycles. The molecule has 0 aliphatic rings. The van der Waals surface area contributed by atoms with Gasteiger partial charge in [0.05, 0.1) is 23.9 Å². The molecule has 0 spiro atoms. The number of amides is 2. The third kappa shape index (κ3) is 8.41. The molecule has 0 radical (unpaired) electrons. The van der Waals surface area contributed by atoms with Crippen LogP contribution in [0.25, 0.3) is 0 Å². The minimum Gasteiger partial charge on any atom is -0.497 e. The minimum atomic E-state index is -4.03. The molecule has 0 fully saturated rings. The highest BCUT2D eigenvalue weighted by atomic mass is 79.9. The van der Waals surface area contributed by atoms with E-state index in [-0.39, 0.29) is 17.4 Å². The van der Waals surface area contributed by atoms with E-state index < -0.39 is 22.5 Å². The molecule has 42 heavy (non-hydrogen) atoms. The minimum absolute atomic E-state index is 0.0572. The summed E-state index contributed by atoms with van der Waals surface area (Å²) < 4.78 is 39.0. The highest BCUT2D eigenvalue weighted by Gasteiger charge is 2.27. The van der Waals surface area contributed by atoms with Gasteiger partial charge in [-0.1, -0.05) is 40.2 Å². The van der Waals surface area contributed by atoms with Crippen molar-refractivity contribution in [2.24, 2.45) is 5.10 Å². The Kier molecular flexibility index (Phi) is 10.3. The lowest BCUT2D eigenvalue weighted by Crippen LogP contribution is -2.39. The number of carbonyl (C=O) groups excluding carboxylic acids is 2. The normalized spacial score (nSPS) is 11.1. The molecule has 2 amide bonds. The van der Waals surface area contributed by atoms with Gasteiger partial charge in [0.2, 0.25) is 0 Å². The van der Waals surface area contributed by atoms with Crippen molar-refractivity contribution >= 4 is 55.4 Å². The zero-order chi connectivity index (χ0) is 30.0. The summed E-state index contributed by atoms with van der Waals surface area (Å²) >= 11 is 3.35. The molecule has 4 aromatic carbocycles. The Morgan fingerprint density at radius 2 is 1.57 bits per heavy atom. The number of methoxy groups -OCH3 is 1. The van der Waals surface area contributed by atoms with Crippen LogP contribution in [-0.4, -0.2) is 46.7 Å². The van der Waals surface area contributed by atoms with E-state index in [0.29, 0.717) is 32.9 Å². The molecular formula is C30H27BrN4O6S. The first-order valence-corrected chi connectivity index (χ1v) is 14.8. The number of ether oxygens (including phenoxy) is 2. The van der Waals surface area contributed by atoms with E-state index in [4.69, 9.17) is 9.47 Å². The molecule has 0 unspecified atom stereocenters. The molecule has 0 aliphatic heterocycles. The summed E-state index contributed by atoms with van der Waals surface area (Å²) in [6.07, 6.45) is 1.41. The van der Waals surface area contributed by atoms with Crippen LogP contribution in [0.2, 0.25) is 0 Å². The number of nitrogens with zero attached hydrogens (tertiary/aromatic N) is 2. The Balaban J connectivity index is 1.32. The Morgan fingerprint density at radius 3 is 2.24 bits per heavy atom. The molecule has 10 nitrogen and oxygen atoms in total. The van der Waals surface area contributed by atoms with Gasteiger partial charge < -0.3 is 14.8 Å². The van der Waals surface area contributed by atoms with Gasteiger partial charge in [0.15, 0.2) is 6.61 Å². The summed E-state index contributed by atoms with van der Waals surface area (Å²) in [6, 6.07) is 28.2. The van der Waals surface area contributed by atoms with Gasteiger partial charge in [-0.15, -0.1) is 0 Å². The number of hydrogen-bond donors (Lipinski definition) is 2. The lowest BCUT2D eigenvalue weighted by Gasteiger charge is -2.23. The first kappa shape index (κ1) is 30.3. The average molecular weight is 652 g/mol. The van der Waals surface area contributed by atoms with Crippen molar-refractivity contribution in [3.63, 3.8) is 0 Å². The smallest absolute Gasteiger partial charge is 0.264 e. The largest absolute Gasteiger partial charge is 0.497 e. The van der Waals surface area contributed by atoms with E-state index in [1.807, 2.05) is 0 Å². The Labute approximate surface area is 252 Å². The highest BCUT2D eigenvalue weighted by molar-refractivity contribution is 9.10. The fourth-order valence-electron chi connectivity index (χ4n) is 3.68. The van der Waals surface area contributed by atoms with Gasteiger partial charge in [-0.3, -0.25) is 13.9 Å². The first-order valence-electron chi connectivity index (χ1n) is 12.6. The van der Waals surface area contributed by atoms with Crippen molar-refractivity contribution in [2.75, 3.05) is 29.9 Å². The number of carbonyl (C=O) groups is 2. The van der Waals surface area contributed by atoms with Gasteiger partial charge in [-0.05, 0) is 84.4 Å². The van der Waals surface area contributed by atoms with Gasteiger partial charge >= 0.3 is 0 Å². The average Bonchev–Trinajstić information content (AvgIpc) is 3.00. The van der Waals surface area contributed by atoms with Gasteiger partial charge in [0.25, 0.3) is 21.8 Å². The second kappa shape index (κ2) is 14.3. The van der Waals surface area contributed by atoms with Crippen molar-refractivity contribution in [3.8, 4) is 11.5 Å². The van der Waals surface area contributed by atoms with Crippen molar-refractivity contribution < 1.29 is 27.5 Å². The summed E-state index contributed by atoms with van der Waals surface area (Å²) in [5.41, 5.74) is 3.96. The lowest BCUT2D eigenvalue weighted by atomic mass is 10.2. The number of halogens is 1. The van der Waals surface area contributed by atoms with E-state index in [0.717, 1.165) is 4.31 Å². The Morgan fingerprint density at radius 1 is 0.881 bits per heavy atom. The first-order chi connectivity index (χ1) is 20.2. The third-order valence-corrected chi connectivity index (χ3v) is 8.02. The summed E-state index contributed by atoms with van der Waals surface area (Å²) in [4.78, 5) is 25.0. The van der Waals surface area contributed by atoms with Crippen molar-refractivity contribution in [2.45, 2.75) is 4.90 Å². The maximum absolute atomic E-state index is 13.4. The highest BCUT2D eigenvalue weighted by Crippen LogP contribution is 2.26. The van der Waals surface area contributed by atoms with E-state index in [1.54, 1.807) is 98.1 Å². The van der Waals surface area contributed by atoms with E-state index in [9.17, 15) is 18.0 Å². The van der Waals surface area contributed by atoms with Crippen molar-refractivity contribution in [1.82, 2.24) is 5.43 Å². The van der Waals surface area contributed by atoms with Crippen LogP contribution in [0, 0.1) is 0 Å². The third-order valence-electron chi connectivity index (χ3n) is 5.74. The quantitative estimate of drug-likeness (QED) is 0.167. The molecule has 0 heterocycles. The zero-order valence-electron chi connectivity index (χ0n) is 22.4. The fraction of sp³-hybridized carbons (Fsp3) is 0.100. The predicted molar refractivity (Wildman–Crippen MR) is 164 cm³/mol. The molecule has 0 saturated carbocycles. The van der Waals surface area contributed by atoms with E-state index in [2.05, 4.69) is 31.8 Å². The monoisotopic (exact) mass is 650 g/mol. The molecule has 0 aliphatic carbocycles. The number of hydrazone groups is 1. The van der Waals surface area contributed by atoms with Gasteiger partial charge in [-0.2, -0.15) is 5.10 Å². The number of nitrogens with one attached hydrogen (secondary N) is 2. The Bertz CT molecular complexity index is 1650. The van der Waals surface area contributed by atoms with Crippen LogP contribution < -0.4 is 24.5 Å². The standard InChI is InChI=1S/C30H27BrN4O6S/c1-40-26-16-12-24(13-17-26)33-30(37)21-41-27-14-10-22(11-15-27)19-32-34-29(36)20-35(25-7-5-6-23(31)18-25)42(38,39)28-8-3-2-4-9-28/h2-19H,20-21H2,1H3,(H,33,37)(H,34,36)/b32-19-. The second-order valence-corrected chi connectivity index (χ2v) is 11.5. The zero-order valence-corrected chi connectivity index (χ0v) is 24.8. The number of hydrogen-bond acceptors (Lipinski definition) is 7. The van der Waals surface area contributed by atoms with Gasteiger partial charge in [0, 0.05) is 10.2 Å². The molecule has 4 rings (SSSR count). The molecule has 0 bridgehead atoms. The van der Waals surface area contributed by atoms with E-state index >= 15 is 0 Å². The van der Waals surface area contributed by atoms with Crippen molar-refractivity contribution in [1.29, 1.82) is 0 Å². The molecule has 4 aromatic rings. The molecule has 0 saturated heterocycles. The number of benzene rings is 4. The number of rotatable bonds is 12. The number of sulfonamides is 1. The topological polar surface area (TPSA) is 126 Å².